The van der Waals surface area contributed by atoms with Gasteiger partial charge >= 0.3 is 0 Å². The molecule has 1 heterocycles. The van der Waals surface area contributed by atoms with Crippen LogP contribution in [0.25, 0.3) is 11.3 Å². The van der Waals surface area contributed by atoms with Gasteiger partial charge in [-0.3, -0.25) is 4.79 Å². The summed E-state index contributed by atoms with van der Waals surface area (Å²) in [5.74, 6) is 0.668. The summed E-state index contributed by atoms with van der Waals surface area (Å²) in [5.41, 5.74) is 1.33. The molecule has 1 fully saturated rings. The number of carbonyl (C=O) groups is 1. The number of hydrogen-bond donors (Lipinski definition) is 2. The maximum Gasteiger partial charge on any atom is 0.259 e. The molecule has 146 valence electrons. The van der Waals surface area contributed by atoms with Crippen LogP contribution in [0.3, 0.4) is 0 Å². The van der Waals surface area contributed by atoms with E-state index in [0.29, 0.717) is 41.9 Å². The van der Waals surface area contributed by atoms with Gasteiger partial charge in [0.25, 0.3) is 5.91 Å². The summed E-state index contributed by atoms with van der Waals surface area (Å²) in [4.78, 5) is 13.0. The summed E-state index contributed by atoms with van der Waals surface area (Å²) in [5, 5.41) is 10.9. The van der Waals surface area contributed by atoms with Crippen molar-refractivity contribution in [3.8, 4) is 11.3 Å². The predicted molar refractivity (Wildman–Crippen MR) is 106 cm³/mol. The van der Waals surface area contributed by atoms with Gasteiger partial charge in [-0.15, -0.1) is 0 Å². The molecule has 1 aromatic carbocycles. The average molecular weight is 392 g/mol. The van der Waals surface area contributed by atoms with Crippen molar-refractivity contribution in [1.82, 2.24) is 10.5 Å². The fraction of sp³-hybridized carbons (Fsp3) is 0.500. The summed E-state index contributed by atoms with van der Waals surface area (Å²) in [6.07, 6.45) is 4.72. The number of nitrogens with zero attached hydrogens (tertiary/aromatic N) is 1. The quantitative estimate of drug-likeness (QED) is 0.653. The molecule has 2 N–H and O–H groups in total. The maximum atomic E-state index is 13.0. The van der Waals surface area contributed by atoms with Gasteiger partial charge in [0.2, 0.25) is 0 Å². The van der Waals surface area contributed by atoms with Crippen LogP contribution in [-0.4, -0.2) is 37.9 Å². The van der Waals surface area contributed by atoms with Crippen molar-refractivity contribution in [2.24, 2.45) is 5.41 Å². The third kappa shape index (κ3) is 4.82. The normalized spacial score (nSPS) is 15.7. The summed E-state index contributed by atoms with van der Waals surface area (Å²) >= 11 is 5.98. The number of halogens is 1. The van der Waals surface area contributed by atoms with Crippen LogP contribution in [0.15, 0.2) is 28.8 Å². The van der Waals surface area contributed by atoms with Crippen LogP contribution >= 0.6 is 11.6 Å². The highest BCUT2D eigenvalue weighted by Gasteiger charge is 2.31. The number of ether oxygens (including phenoxy) is 1. The van der Waals surface area contributed by atoms with Gasteiger partial charge in [0, 0.05) is 30.8 Å². The van der Waals surface area contributed by atoms with E-state index in [0.717, 1.165) is 18.4 Å². The minimum Gasteiger partial charge on any atom is -0.383 e. The van der Waals surface area contributed by atoms with E-state index in [1.807, 2.05) is 12.1 Å². The molecule has 1 amide bonds. The van der Waals surface area contributed by atoms with Crippen molar-refractivity contribution in [3.63, 3.8) is 0 Å². The first-order valence-corrected chi connectivity index (χ1v) is 9.67. The second kappa shape index (κ2) is 8.76. The third-order valence-corrected chi connectivity index (χ3v) is 5.36. The Morgan fingerprint density at radius 2 is 2.00 bits per heavy atom. The zero-order valence-corrected chi connectivity index (χ0v) is 16.6. The SMILES string of the molecule is COCCNc1noc(-c2ccc(Cl)cc2)c1C(=O)NCC1(C)CCCC1. The molecule has 0 spiro atoms. The van der Waals surface area contributed by atoms with Gasteiger partial charge in [-0.1, -0.05) is 36.5 Å². The van der Waals surface area contributed by atoms with Crippen molar-refractivity contribution in [2.75, 3.05) is 32.1 Å². The van der Waals surface area contributed by atoms with Crippen molar-refractivity contribution in [1.29, 1.82) is 0 Å². The van der Waals surface area contributed by atoms with Gasteiger partial charge in [0.1, 0.15) is 5.56 Å². The molecule has 1 aliphatic rings. The number of carbonyl (C=O) groups excluding carboxylic acids is 1. The summed E-state index contributed by atoms with van der Waals surface area (Å²) in [6, 6.07) is 7.16. The molecule has 0 atom stereocenters. The molecule has 0 saturated heterocycles. The molecule has 1 aliphatic carbocycles. The molecule has 1 aromatic heterocycles. The Kier molecular flexibility index (Phi) is 6.39. The number of anilines is 1. The van der Waals surface area contributed by atoms with E-state index in [1.54, 1.807) is 19.2 Å². The average Bonchev–Trinajstić information content (AvgIpc) is 3.28. The zero-order valence-electron chi connectivity index (χ0n) is 15.8. The first kappa shape index (κ1) is 19.7. The van der Waals surface area contributed by atoms with E-state index in [2.05, 4.69) is 22.7 Å². The highest BCUT2D eigenvalue weighted by Crippen LogP contribution is 2.37. The Balaban J connectivity index is 1.83. The fourth-order valence-corrected chi connectivity index (χ4v) is 3.60. The number of aromatic nitrogens is 1. The molecule has 2 aromatic rings. The monoisotopic (exact) mass is 391 g/mol. The van der Waals surface area contributed by atoms with E-state index < -0.39 is 0 Å². The molecular formula is C20H26ClN3O3. The molecule has 0 aliphatic heterocycles. The van der Waals surface area contributed by atoms with Crippen LogP contribution in [-0.2, 0) is 4.74 Å². The zero-order chi connectivity index (χ0) is 19.3. The molecule has 3 rings (SSSR count). The van der Waals surface area contributed by atoms with Crippen LogP contribution < -0.4 is 10.6 Å². The molecule has 7 heteroatoms. The van der Waals surface area contributed by atoms with Crippen molar-refractivity contribution < 1.29 is 14.1 Å². The standard InChI is InChI=1S/C20H26ClN3O3/c1-20(9-3-4-10-20)13-23-19(25)16-17(14-5-7-15(21)8-6-14)27-24-18(16)22-11-12-26-2/h5-8H,3-4,9-13H2,1-2H3,(H,22,24)(H,23,25). The lowest BCUT2D eigenvalue weighted by atomic mass is 9.89. The molecular weight excluding hydrogens is 366 g/mol. The van der Waals surface area contributed by atoms with Gasteiger partial charge < -0.3 is 19.9 Å². The highest BCUT2D eigenvalue weighted by molar-refractivity contribution is 6.30. The minimum absolute atomic E-state index is 0.164. The number of methoxy groups -OCH3 is 1. The molecule has 6 nitrogen and oxygen atoms in total. The molecule has 0 radical (unpaired) electrons. The Hall–Kier alpha value is -2.05. The van der Waals surface area contributed by atoms with E-state index in [4.69, 9.17) is 20.9 Å². The van der Waals surface area contributed by atoms with Gasteiger partial charge in [-0.2, -0.15) is 0 Å². The summed E-state index contributed by atoms with van der Waals surface area (Å²) in [7, 11) is 1.62. The number of rotatable bonds is 8. The van der Waals surface area contributed by atoms with Crippen LogP contribution in [0, 0.1) is 5.41 Å². The van der Waals surface area contributed by atoms with E-state index >= 15 is 0 Å². The number of amides is 1. The molecule has 0 unspecified atom stereocenters. The second-order valence-electron chi connectivity index (χ2n) is 7.36. The topological polar surface area (TPSA) is 76.4 Å². The largest absolute Gasteiger partial charge is 0.383 e. The maximum absolute atomic E-state index is 13.0. The first-order valence-electron chi connectivity index (χ1n) is 9.29. The van der Waals surface area contributed by atoms with Gasteiger partial charge in [-0.05, 0) is 42.5 Å². The lowest BCUT2D eigenvalue weighted by Gasteiger charge is -2.23. The van der Waals surface area contributed by atoms with Crippen molar-refractivity contribution in [3.05, 3.63) is 34.9 Å². The van der Waals surface area contributed by atoms with Crippen molar-refractivity contribution >= 4 is 23.3 Å². The predicted octanol–water partition coefficient (Wildman–Crippen LogP) is 4.36. The van der Waals surface area contributed by atoms with Gasteiger partial charge in [0.05, 0.1) is 6.61 Å². The van der Waals surface area contributed by atoms with E-state index in [-0.39, 0.29) is 11.3 Å². The van der Waals surface area contributed by atoms with Crippen LogP contribution in [0.1, 0.15) is 43.0 Å². The number of hydrogen-bond acceptors (Lipinski definition) is 5. The Bertz CT molecular complexity index is 767. The number of benzene rings is 1. The third-order valence-electron chi connectivity index (χ3n) is 5.11. The van der Waals surface area contributed by atoms with Crippen molar-refractivity contribution in [2.45, 2.75) is 32.6 Å². The Morgan fingerprint density at radius 1 is 1.30 bits per heavy atom. The van der Waals surface area contributed by atoms with E-state index in [9.17, 15) is 4.79 Å². The van der Waals surface area contributed by atoms with Gasteiger partial charge in [-0.25, -0.2) is 0 Å². The lowest BCUT2D eigenvalue weighted by molar-refractivity contribution is 0.0935. The van der Waals surface area contributed by atoms with Crippen LogP contribution in [0.5, 0.6) is 0 Å². The molecule has 1 saturated carbocycles. The fourth-order valence-electron chi connectivity index (χ4n) is 3.48. The summed E-state index contributed by atoms with van der Waals surface area (Å²) < 4.78 is 10.6. The van der Waals surface area contributed by atoms with Crippen LogP contribution in [0.4, 0.5) is 5.82 Å². The summed E-state index contributed by atoms with van der Waals surface area (Å²) in [6.45, 7) is 3.91. The molecule has 27 heavy (non-hydrogen) atoms. The van der Waals surface area contributed by atoms with E-state index in [1.165, 1.54) is 12.8 Å². The van der Waals surface area contributed by atoms with Gasteiger partial charge in [0.15, 0.2) is 11.6 Å². The highest BCUT2D eigenvalue weighted by atomic mass is 35.5. The minimum atomic E-state index is -0.186. The van der Waals surface area contributed by atoms with Crippen LogP contribution in [0.2, 0.25) is 5.02 Å². The Labute approximate surface area is 164 Å². The molecule has 0 bridgehead atoms. The number of nitrogens with one attached hydrogen (secondary N) is 2. The first-order chi connectivity index (χ1) is 13.0. The Morgan fingerprint density at radius 3 is 2.67 bits per heavy atom. The second-order valence-corrected chi connectivity index (χ2v) is 7.80. The smallest absolute Gasteiger partial charge is 0.259 e. The lowest BCUT2D eigenvalue weighted by Crippen LogP contribution is -2.34.